The highest BCUT2D eigenvalue weighted by Crippen LogP contribution is 2.27. The summed E-state index contributed by atoms with van der Waals surface area (Å²) < 4.78 is 1.18. The Balaban J connectivity index is 1.84. The summed E-state index contributed by atoms with van der Waals surface area (Å²) in [6.45, 7) is 2.00. The maximum Gasteiger partial charge on any atom is 0.111 e. The molecule has 0 fully saturated rings. The number of thiazole rings is 1. The van der Waals surface area contributed by atoms with Crippen LogP contribution in [0.5, 0.6) is 0 Å². The Morgan fingerprint density at radius 2 is 2.05 bits per heavy atom. The van der Waals surface area contributed by atoms with Crippen molar-refractivity contribution in [1.82, 2.24) is 4.98 Å². The summed E-state index contributed by atoms with van der Waals surface area (Å²) in [5, 5.41) is 1.77. The van der Waals surface area contributed by atoms with Crippen LogP contribution in [0.4, 0.5) is 0 Å². The molecule has 0 aliphatic rings. The molecule has 1 heterocycles. The van der Waals surface area contributed by atoms with Gasteiger partial charge in [0.1, 0.15) is 5.01 Å². The molecule has 1 aromatic heterocycles. The van der Waals surface area contributed by atoms with Gasteiger partial charge in [-0.05, 0) is 42.7 Å². The van der Waals surface area contributed by atoms with E-state index >= 15 is 0 Å². The molecule has 20 heavy (non-hydrogen) atoms. The number of hydrogen-bond donors (Lipinski definition) is 1. The van der Waals surface area contributed by atoms with Crippen molar-refractivity contribution < 1.29 is 0 Å². The number of hydrogen-bond acceptors (Lipinski definition) is 3. The third-order valence-corrected chi connectivity index (χ3v) is 4.89. The van der Waals surface area contributed by atoms with Gasteiger partial charge in [-0.3, -0.25) is 0 Å². The van der Waals surface area contributed by atoms with Crippen molar-refractivity contribution in [2.24, 2.45) is 5.73 Å². The molecule has 2 nitrogen and oxygen atoms in total. The molecule has 0 radical (unpaired) electrons. The number of fused-ring (bicyclic) bond motifs is 1. The van der Waals surface area contributed by atoms with Crippen LogP contribution in [0.25, 0.3) is 10.2 Å². The Hall–Kier alpha value is -1.42. The zero-order valence-corrected chi connectivity index (χ0v) is 12.7. The van der Waals surface area contributed by atoms with Crippen LogP contribution >= 0.6 is 22.9 Å². The second kappa shape index (κ2) is 5.52. The first kappa shape index (κ1) is 13.6. The van der Waals surface area contributed by atoms with Crippen LogP contribution in [-0.4, -0.2) is 4.98 Å². The van der Waals surface area contributed by atoms with E-state index < -0.39 is 0 Å². The van der Waals surface area contributed by atoms with Crippen LogP contribution in [0.1, 0.15) is 22.2 Å². The fourth-order valence-electron chi connectivity index (χ4n) is 2.15. The molecule has 0 saturated carbocycles. The van der Waals surface area contributed by atoms with Crippen LogP contribution < -0.4 is 5.73 Å². The number of nitrogens with two attached hydrogens (primary N) is 1. The SMILES string of the molecule is Cc1ccc(CC(N)c2nc3ccccc3s2)cc1Cl. The van der Waals surface area contributed by atoms with Crippen molar-refractivity contribution in [3.63, 3.8) is 0 Å². The average Bonchev–Trinajstić information content (AvgIpc) is 2.87. The van der Waals surface area contributed by atoms with Gasteiger partial charge < -0.3 is 5.73 Å². The van der Waals surface area contributed by atoms with Gasteiger partial charge in [-0.15, -0.1) is 11.3 Å². The predicted molar refractivity (Wildman–Crippen MR) is 86.4 cm³/mol. The van der Waals surface area contributed by atoms with Gasteiger partial charge in [0.05, 0.1) is 16.3 Å². The predicted octanol–water partition coefficient (Wildman–Crippen LogP) is 4.50. The van der Waals surface area contributed by atoms with E-state index in [1.165, 1.54) is 4.70 Å². The van der Waals surface area contributed by atoms with Gasteiger partial charge in [-0.25, -0.2) is 4.98 Å². The monoisotopic (exact) mass is 302 g/mol. The molecular weight excluding hydrogens is 288 g/mol. The van der Waals surface area contributed by atoms with Crippen LogP contribution in [-0.2, 0) is 6.42 Å². The maximum atomic E-state index is 6.28. The van der Waals surface area contributed by atoms with Crippen molar-refractivity contribution in [1.29, 1.82) is 0 Å². The lowest BCUT2D eigenvalue weighted by atomic mass is 10.1. The Bertz CT molecular complexity index is 718. The van der Waals surface area contributed by atoms with E-state index in [1.54, 1.807) is 11.3 Å². The molecule has 0 spiro atoms. The molecule has 0 amide bonds. The first-order valence-corrected chi connectivity index (χ1v) is 7.69. The Kier molecular flexibility index (Phi) is 3.74. The molecule has 0 aliphatic heterocycles. The first-order chi connectivity index (χ1) is 9.63. The van der Waals surface area contributed by atoms with Crippen molar-refractivity contribution >= 4 is 33.2 Å². The Labute approximate surface area is 127 Å². The normalized spacial score (nSPS) is 12.8. The van der Waals surface area contributed by atoms with Crippen molar-refractivity contribution in [2.45, 2.75) is 19.4 Å². The summed E-state index contributed by atoms with van der Waals surface area (Å²) in [6.07, 6.45) is 0.750. The minimum atomic E-state index is -0.0915. The van der Waals surface area contributed by atoms with Gasteiger partial charge in [0.2, 0.25) is 0 Å². The highest BCUT2D eigenvalue weighted by molar-refractivity contribution is 7.18. The van der Waals surface area contributed by atoms with E-state index in [4.69, 9.17) is 17.3 Å². The molecular formula is C16H15ClN2S. The summed E-state index contributed by atoms with van der Waals surface area (Å²) >= 11 is 7.82. The molecule has 4 heteroatoms. The molecule has 0 aliphatic carbocycles. The zero-order chi connectivity index (χ0) is 14.1. The lowest BCUT2D eigenvalue weighted by Crippen LogP contribution is -2.13. The fourth-order valence-corrected chi connectivity index (χ4v) is 3.33. The van der Waals surface area contributed by atoms with Gasteiger partial charge in [-0.1, -0.05) is 35.9 Å². The number of aryl methyl sites for hydroxylation is 1. The number of para-hydroxylation sites is 1. The molecule has 3 rings (SSSR count). The standard InChI is InChI=1S/C16H15ClN2S/c1-10-6-7-11(8-12(10)17)9-13(18)16-19-14-4-2-3-5-15(14)20-16/h2-8,13H,9,18H2,1H3. The van der Waals surface area contributed by atoms with E-state index in [-0.39, 0.29) is 6.04 Å². The molecule has 1 unspecified atom stereocenters. The second-order valence-corrected chi connectivity index (χ2v) is 6.38. The molecule has 3 aromatic rings. The third kappa shape index (κ3) is 2.70. The van der Waals surface area contributed by atoms with Crippen molar-refractivity contribution in [2.75, 3.05) is 0 Å². The second-order valence-electron chi connectivity index (χ2n) is 4.91. The quantitative estimate of drug-likeness (QED) is 0.773. The largest absolute Gasteiger partial charge is 0.322 e. The highest BCUT2D eigenvalue weighted by Gasteiger charge is 2.13. The van der Waals surface area contributed by atoms with Crippen LogP contribution in [0, 0.1) is 6.92 Å². The number of aromatic nitrogens is 1. The minimum absolute atomic E-state index is 0.0915. The zero-order valence-electron chi connectivity index (χ0n) is 11.1. The fraction of sp³-hybridized carbons (Fsp3) is 0.188. The summed E-state index contributed by atoms with van der Waals surface area (Å²) in [5.41, 5.74) is 9.53. The van der Waals surface area contributed by atoms with Crippen molar-refractivity contribution in [3.8, 4) is 0 Å². The lowest BCUT2D eigenvalue weighted by Gasteiger charge is -2.09. The van der Waals surface area contributed by atoms with E-state index in [1.807, 2.05) is 37.3 Å². The van der Waals surface area contributed by atoms with Gasteiger partial charge >= 0.3 is 0 Å². The Morgan fingerprint density at radius 1 is 1.25 bits per heavy atom. The lowest BCUT2D eigenvalue weighted by molar-refractivity contribution is 0.717. The van der Waals surface area contributed by atoms with Crippen LogP contribution in [0.3, 0.4) is 0 Å². The van der Waals surface area contributed by atoms with Gasteiger partial charge in [0, 0.05) is 5.02 Å². The van der Waals surface area contributed by atoms with E-state index in [0.717, 1.165) is 33.1 Å². The van der Waals surface area contributed by atoms with Gasteiger partial charge in [0.25, 0.3) is 0 Å². The average molecular weight is 303 g/mol. The number of halogens is 1. The molecule has 2 aromatic carbocycles. The highest BCUT2D eigenvalue weighted by atomic mass is 35.5. The minimum Gasteiger partial charge on any atom is -0.322 e. The molecule has 2 N–H and O–H groups in total. The maximum absolute atomic E-state index is 6.28. The third-order valence-electron chi connectivity index (χ3n) is 3.32. The summed E-state index contributed by atoms with van der Waals surface area (Å²) in [7, 11) is 0. The smallest absolute Gasteiger partial charge is 0.111 e. The summed E-state index contributed by atoms with van der Waals surface area (Å²) in [4.78, 5) is 4.61. The molecule has 1 atom stereocenters. The molecule has 102 valence electrons. The number of rotatable bonds is 3. The summed E-state index contributed by atoms with van der Waals surface area (Å²) in [6, 6.07) is 14.1. The molecule has 0 saturated heterocycles. The van der Waals surface area contributed by atoms with Crippen molar-refractivity contribution in [3.05, 3.63) is 63.6 Å². The topological polar surface area (TPSA) is 38.9 Å². The summed E-state index contributed by atoms with van der Waals surface area (Å²) in [5.74, 6) is 0. The number of nitrogens with zero attached hydrogens (tertiary/aromatic N) is 1. The number of benzene rings is 2. The van der Waals surface area contributed by atoms with Crippen LogP contribution in [0.15, 0.2) is 42.5 Å². The first-order valence-electron chi connectivity index (χ1n) is 6.49. The van der Waals surface area contributed by atoms with E-state index in [0.29, 0.717) is 0 Å². The van der Waals surface area contributed by atoms with Gasteiger partial charge in [-0.2, -0.15) is 0 Å². The van der Waals surface area contributed by atoms with E-state index in [9.17, 15) is 0 Å². The van der Waals surface area contributed by atoms with E-state index in [2.05, 4.69) is 17.1 Å². The van der Waals surface area contributed by atoms with Crippen LogP contribution in [0.2, 0.25) is 5.02 Å². The molecule has 0 bridgehead atoms. The van der Waals surface area contributed by atoms with Gasteiger partial charge in [0.15, 0.2) is 0 Å². The Morgan fingerprint density at radius 3 is 2.80 bits per heavy atom.